The number of hydrogen-bond donors (Lipinski definition) is 0. The molecular formula is C21H19N5O3S. The molecule has 8 nitrogen and oxygen atoms in total. The van der Waals surface area contributed by atoms with Crippen molar-refractivity contribution in [2.75, 3.05) is 12.5 Å². The molecule has 0 saturated heterocycles. The molecule has 152 valence electrons. The summed E-state index contributed by atoms with van der Waals surface area (Å²) in [6.45, 7) is 4.18. The molecular weight excluding hydrogens is 402 g/mol. The molecule has 1 aliphatic rings. The van der Waals surface area contributed by atoms with Crippen molar-refractivity contribution in [3.8, 4) is 17.2 Å². The van der Waals surface area contributed by atoms with E-state index in [1.165, 1.54) is 18.1 Å². The van der Waals surface area contributed by atoms with E-state index in [9.17, 15) is 4.79 Å². The Morgan fingerprint density at radius 2 is 2.00 bits per heavy atom. The predicted octanol–water partition coefficient (Wildman–Crippen LogP) is 3.47. The first-order valence-electron chi connectivity index (χ1n) is 9.40. The minimum absolute atomic E-state index is 0.0516. The Kier molecular flexibility index (Phi) is 4.47. The smallest absolute Gasteiger partial charge is 0.231 e. The highest BCUT2D eigenvalue weighted by Gasteiger charge is 2.20. The van der Waals surface area contributed by atoms with Crippen molar-refractivity contribution in [1.82, 2.24) is 24.3 Å². The van der Waals surface area contributed by atoms with Crippen LogP contribution < -0.4 is 9.47 Å². The summed E-state index contributed by atoms with van der Waals surface area (Å²) >= 11 is 1.40. The molecule has 0 spiro atoms. The molecule has 0 bridgehead atoms. The summed E-state index contributed by atoms with van der Waals surface area (Å²) in [5.74, 6) is 1.79. The van der Waals surface area contributed by atoms with Crippen LogP contribution in [0.5, 0.6) is 11.5 Å². The number of thioether (sulfide) groups is 1. The minimum Gasteiger partial charge on any atom is -0.454 e. The van der Waals surface area contributed by atoms with Crippen molar-refractivity contribution < 1.29 is 14.3 Å². The van der Waals surface area contributed by atoms with Gasteiger partial charge in [0.15, 0.2) is 22.9 Å². The van der Waals surface area contributed by atoms with Crippen molar-refractivity contribution in [1.29, 1.82) is 0 Å². The van der Waals surface area contributed by atoms with Crippen LogP contribution in [0.15, 0.2) is 41.8 Å². The van der Waals surface area contributed by atoms with E-state index in [-0.39, 0.29) is 18.3 Å². The normalized spacial score (nSPS) is 12.6. The maximum atomic E-state index is 13.0. The second kappa shape index (κ2) is 7.17. The van der Waals surface area contributed by atoms with Crippen LogP contribution in [0.25, 0.3) is 16.7 Å². The lowest BCUT2D eigenvalue weighted by Crippen LogP contribution is -2.06. The summed E-state index contributed by atoms with van der Waals surface area (Å²) in [6.07, 6.45) is 3.23. The molecule has 0 aliphatic carbocycles. The molecule has 0 N–H and O–H groups in total. The van der Waals surface area contributed by atoms with Crippen LogP contribution in [0, 0.1) is 13.8 Å². The number of fused-ring (bicyclic) bond motifs is 2. The topological polar surface area (TPSA) is 84.1 Å². The highest BCUT2D eigenvalue weighted by molar-refractivity contribution is 8.00. The van der Waals surface area contributed by atoms with Gasteiger partial charge in [-0.05, 0) is 32.0 Å². The summed E-state index contributed by atoms with van der Waals surface area (Å²) in [5.41, 5.74) is 4.27. The third-order valence-electron chi connectivity index (χ3n) is 5.18. The van der Waals surface area contributed by atoms with Crippen LogP contribution in [0.1, 0.15) is 21.7 Å². The number of Topliss-reactive ketones (excluding diaryl/α,β-unsaturated/α-hetero) is 1. The average molecular weight is 421 g/mol. The highest BCUT2D eigenvalue weighted by Crippen LogP contribution is 2.35. The van der Waals surface area contributed by atoms with Gasteiger partial charge in [-0.2, -0.15) is 5.10 Å². The summed E-state index contributed by atoms with van der Waals surface area (Å²) in [5, 5.41) is 5.83. The average Bonchev–Trinajstić information content (AvgIpc) is 3.43. The standard InChI is InChI=1S/C21H19N5O3S/c1-12-6-15(13(2)26(12)14-4-5-18-19(7-14)29-11-28-18)17(27)9-30-21-16-8-24-25(3)20(16)22-10-23-21/h4-8,10H,9,11H2,1-3H3. The number of benzene rings is 1. The van der Waals surface area contributed by atoms with E-state index in [1.54, 1.807) is 10.9 Å². The first kappa shape index (κ1) is 18.7. The lowest BCUT2D eigenvalue weighted by molar-refractivity contribution is 0.102. The van der Waals surface area contributed by atoms with E-state index in [2.05, 4.69) is 19.6 Å². The SMILES string of the molecule is Cc1cc(C(=O)CSc2ncnc3c2cnn3C)c(C)n1-c1ccc2c(c1)OCO2. The molecule has 4 heterocycles. The van der Waals surface area contributed by atoms with Crippen LogP contribution >= 0.6 is 11.8 Å². The lowest BCUT2D eigenvalue weighted by atomic mass is 10.2. The number of carbonyl (C=O) groups excluding carboxylic acids is 1. The molecule has 0 atom stereocenters. The number of aromatic nitrogens is 5. The Morgan fingerprint density at radius 1 is 1.17 bits per heavy atom. The molecule has 30 heavy (non-hydrogen) atoms. The second-order valence-corrected chi connectivity index (χ2v) is 8.02. The monoisotopic (exact) mass is 421 g/mol. The maximum Gasteiger partial charge on any atom is 0.231 e. The first-order valence-corrected chi connectivity index (χ1v) is 10.4. The number of rotatable bonds is 5. The minimum atomic E-state index is 0.0516. The fraction of sp³-hybridized carbons (Fsp3) is 0.238. The number of hydrogen-bond acceptors (Lipinski definition) is 7. The number of ketones is 1. The van der Waals surface area contributed by atoms with Gasteiger partial charge in [0.05, 0.1) is 17.3 Å². The Balaban J connectivity index is 1.41. The summed E-state index contributed by atoms with van der Waals surface area (Å²) in [4.78, 5) is 21.6. The largest absolute Gasteiger partial charge is 0.454 e. The third-order valence-corrected chi connectivity index (χ3v) is 6.18. The summed E-state index contributed by atoms with van der Waals surface area (Å²) < 4.78 is 14.6. The van der Waals surface area contributed by atoms with E-state index in [0.29, 0.717) is 11.3 Å². The number of carbonyl (C=O) groups is 1. The Bertz CT molecular complexity index is 1290. The van der Waals surface area contributed by atoms with Crippen molar-refractivity contribution in [2.45, 2.75) is 18.9 Å². The van der Waals surface area contributed by atoms with Crippen LogP contribution in [0.2, 0.25) is 0 Å². The quantitative estimate of drug-likeness (QED) is 0.277. The zero-order valence-electron chi connectivity index (χ0n) is 16.7. The summed E-state index contributed by atoms with van der Waals surface area (Å²) in [6, 6.07) is 7.73. The van der Waals surface area contributed by atoms with Gasteiger partial charge in [0.2, 0.25) is 6.79 Å². The van der Waals surface area contributed by atoms with E-state index in [4.69, 9.17) is 9.47 Å². The highest BCUT2D eigenvalue weighted by atomic mass is 32.2. The van der Waals surface area contributed by atoms with Gasteiger partial charge in [-0.3, -0.25) is 9.48 Å². The Labute approximate surface area is 176 Å². The third kappa shape index (κ3) is 3.02. The Hall–Kier alpha value is -3.33. The van der Waals surface area contributed by atoms with Crippen molar-refractivity contribution >= 4 is 28.6 Å². The number of ether oxygens (including phenoxy) is 2. The zero-order valence-corrected chi connectivity index (χ0v) is 17.6. The van der Waals surface area contributed by atoms with E-state index in [1.807, 2.05) is 45.2 Å². The van der Waals surface area contributed by atoms with Gasteiger partial charge in [0.1, 0.15) is 11.4 Å². The molecule has 0 radical (unpaired) electrons. The van der Waals surface area contributed by atoms with E-state index in [0.717, 1.165) is 38.9 Å². The lowest BCUT2D eigenvalue weighted by Gasteiger charge is -2.10. The van der Waals surface area contributed by atoms with Crippen LogP contribution in [-0.2, 0) is 7.05 Å². The van der Waals surface area contributed by atoms with Gasteiger partial charge in [-0.25, -0.2) is 9.97 Å². The molecule has 4 aromatic rings. The number of aryl methyl sites for hydroxylation is 2. The molecule has 1 aliphatic heterocycles. The van der Waals surface area contributed by atoms with Gasteiger partial charge >= 0.3 is 0 Å². The van der Waals surface area contributed by atoms with Gasteiger partial charge in [0, 0.05) is 35.8 Å². The predicted molar refractivity (Wildman–Crippen MR) is 113 cm³/mol. The van der Waals surface area contributed by atoms with Crippen LogP contribution in [0.3, 0.4) is 0 Å². The first-order chi connectivity index (χ1) is 14.5. The molecule has 3 aromatic heterocycles. The van der Waals surface area contributed by atoms with Gasteiger partial charge in [0.25, 0.3) is 0 Å². The molecule has 1 aromatic carbocycles. The van der Waals surface area contributed by atoms with Gasteiger partial charge < -0.3 is 14.0 Å². The van der Waals surface area contributed by atoms with Crippen LogP contribution in [0.4, 0.5) is 0 Å². The molecule has 5 rings (SSSR count). The second-order valence-electron chi connectivity index (χ2n) is 7.05. The van der Waals surface area contributed by atoms with Crippen molar-refractivity contribution in [2.24, 2.45) is 7.05 Å². The van der Waals surface area contributed by atoms with Gasteiger partial charge in [-0.1, -0.05) is 11.8 Å². The molecule has 9 heteroatoms. The van der Waals surface area contributed by atoms with Crippen LogP contribution in [-0.4, -0.2) is 42.6 Å². The van der Waals surface area contributed by atoms with Crippen molar-refractivity contribution in [3.63, 3.8) is 0 Å². The zero-order chi connectivity index (χ0) is 20.8. The van der Waals surface area contributed by atoms with E-state index >= 15 is 0 Å². The molecule has 0 unspecified atom stereocenters. The maximum absolute atomic E-state index is 13.0. The fourth-order valence-corrected chi connectivity index (χ4v) is 4.58. The Morgan fingerprint density at radius 3 is 2.87 bits per heavy atom. The molecule has 0 saturated carbocycles. The summed E-state index contributed by atoms with van der Waals surface area (Å²) in [7, 11) is 1.83. The van der Waals surface area contributed by atoms with E-state index < -0.39 is 0 Å². The molecule has 0 fully saturated rings. The molecule has 0 amide bonds. The number of nitrogens with zero attached hydrogens (tertiary/aromatic N) is 5. The van der Waals surface area contributed by atoms with Gasteiger partial charge in [-0.15, -0.1) is 0 Å². The van der Waals surface area contributed by atoms with Crippen molar-refractivity contribution in [3.05, 3.63) is 53.7 Å². The fourth-order valence-electron chi connectivity index (χ4n) is 3.73.